The van der Waals surface area contributed by atoms with Crippen LogP contribution in [0.2, 0.25) is 10.0 Å². The molecule has 0 fully saturated rings. The van der Waals surface area contributed by atoms with Gasteiger partial charge in [0.15, 0.2) is 0 Å². The highest BCUT2D eigenvalue weighted by molar-refractivity contribution is 6.43. The van der Waals surface area contributed by atoms with Crippen molar-refractivity contribution in [3.05, 3.63) is 87.9 Å². The van der Waals surface area contributed by atoms with E-state index in [0.717, 1.165) is 29.9 Å². The standard InChI is InChI=1S/C28H33Cl2N/c1-7-27(3,4)20-12-16-22(17-13-20)31(25-11-9-10-24(29)26(25)30)23-18-14-21(15-19-23)28(5,6)8-2/h9-19H,7-8H2,1-6H3. The van der Waals surface area contributed by atoms with Crippen LogP contribution in [0.25, 0.3) is 0 Å². The maximum Gasteiger partial charge on any atom is 0.0832 e. The van der Waals surface area contributed by atoms with Crippen molar-refractivity contribution >= 4 is 40.3 Å². The number of anilines is 3. The van der Waals surface area contributed by atoms with Crippen LogP contribution in [0.15, 0.2) is 66.7 Å². The largest absolute Gasteiger partial charge is 0.309 e. The first kappa shape index (κ1) is 23.7. The maximum atomic E-state index is 6.67. The van der Waals surface area contributed by atoms with Crippen molar-refractivity contribution in [2.75, 3.05) is 4.90 Å². The van der Waals surface area contributed by atoms with Crippen molar-refractivity contribution in [3.8, 4) is 0 Å². The van der Waals surface area contributed by atoms with Gasteiger partial charge in [0.2, 0.25) is 0 Å². The van der Waals surface area contributed by atoms with E-state index in [4.69, 9.17) is 23.2 Å². The Kier molecular flexibility index (Phi) is 7.08. The quantitative estimate of drug-likeness (QED) is 0.343. The Balaban J connectivity index is 2.12. The molecule has 0 N–H and O–H groups in total. The van der Waals surface area contributed by atoms with Gasteiger partial charge in [0, 0.05) is 11.4 Å². The monoisotopic (exact) mass is 453 g/mol. The van der Waals surface area contributed by atoms with Crippen LogP contribution in [0.3, 0.4) is 0 Å². The normalized spacial score (nSPS) is 12.1. The van der Waals surface area contributed by atoms with Crippen LogP contribution >= 0.6 is 23.2 Å². The molecule has 0 aliphatic carbocycles. The molecule has 0 aromatic heterocycles. The topological polar surface area (TPSA) is 3.24 Å². The van der Waals surface area contributed by atoms with Crippen LogP contribution < -0.4 is 4.90 Å². The number of nitrogens with zero attached hydrogens (tertiary/aromatic N) is 1. The number of halogens is 2. The van der Waals surface area contributed by atoms with Gasteiger partial charge in [0.05, 0.1) is 15.7 Å². The van der Waals surface area contributed by atoms with Gasteiger partial charge in [0.25, 0.3) is 0 Å². The second-order valence-electron chi connectivity index (χ2n) is 9.48. The lowest BCUT2D eigenvalue weighted by Gasteiger charge is -2.29. The van der Waals surface area contributed by atoms with Gasteiger partial charge in [0.1, 0.15) is 0 Å². The summed E-state index contributed by atoms with van der Waals surface area (Å²) in [6.45, 7) is 13.6. The fourth-order valence-corrected chi connectivity index (χ4v) is 4.00. The van der Waals surface area contributed by atoms with Gasteiger partial charge in [-0.3, -0.25) is 0 Å². The predicted molar refractivity (Wildman–Crippen MR) is 138 cm³/mol. The smallest absolute Gasteiger partial charge is 0.0832 e. The van der Waals surface area contributed by atoms with Crippen molar-refractivity contribution in [2.24, 2.45) is 0 Å². The van der Waals surface area contributed by atoms with E-state index in [-0.39, 0.29) is 10.8 Å². The van der Waals surface area contributed by atoms with E-state index in [1.54, 1.807) is 0 Å². The molecule has 0 amide bonds. The van der Waals surface area contributed by atoms with Gasteiger partial charge < -0.3 is 4.90 Å². The first-order valence-corrected chi connectivity index (χ1v) is 11.8. The van der Waals surface area contributed by atoms with Crippen molar-refractivity contribution in [2.45, 2.75) is 65.2 Å². The number of hydrogen-bond acceptors (Lipinski definition) is 1. The first-order chi connectivity index (χ1) is 14.6. The molecule has 0 aliphatic rings. The molecule has 3 aromatic carbocycles. The third-order valence-corrected chi connectivity index (χ3v) is 7.56. The Morgan fingerprint density at radius 3 is 1.45 bits per heavy atom. The van der Waals surface area contributed by atoms with Gasteiger partial charge in [-0.2, -0.15) is 0 Å². The predicted octanol–water partition coefficient (Wildman–Crippen LogP) is 9.84. The summed E-state index contributed by atoms with van der Waals surface area (Å²) in [5.41, 5.74) is 5.94. The van der Waals surface area contributed by atoms with E-state index in [1.165, 1.54) is 11.1 Å². The van der Waals surface area contributed by atoms with Gasteiger partial charge in [-0.1, -0.05) is 95.1 Å². The summed E-state index contributed by atoms with van der Waals surface area (Å²) in [6.07, 6.45) is 2.18. The molecule has 0 bridgehead atoms. The SMILES string of the molecule is CCC(C)(C)c1ccc(N(c2ccc(C(C)(C)CC)cc2)c2cccc(Cl)c2Cl)cc1. The number of benzene rings is 3. The molecule has 0 radical (unpaired) electrons. The summed E-state index contributed by atoms with van der Waals surface area (Å²) >= 11 is 13.0. The minimum absolute atomic E-state index is 0.143. The molecule has 0 saturated carbocycles. The van der Waals surface area contributed by atoms with Crippen molar-refractivity contribution in [1.82, 2.24) is 0 Å². The molecule has 164 valence electrons. The van der Waals surface area contributed by atoms with Gasteiger partial charge in [-0.25, -0.2) is 0 Å². The van der Waals surface area contributed by atoms with Crippen LogP contribution in [0.5, 0.6) is 0 Å². The zero-order valence-corrected chi connectivity index (χ0v) is 21.0. The molecular weight excluding hydrogens is 421 g/mol. The summed E-state index contributed by atoms with van der Waals surface area (Å²) in [4.78, 5) is 2.18. The van der Waals surface area contributed by atoms with Crippen molar-refractivity contribution in [1.29, 1.82) is 0 Å². The molecular formula is C28H33Cl2N. The van der Waals surface area contributed by atoms with Crippen LogP contribution in [-0.2, 0) is 10.8 Å². The minimum atomic E-state index is 0.143. The lowest BCUT2D eigenvalue weighted by molar-refractivity contribution is 0.506. The highest BCUT2D eigenvalue weighted by atomic mass is 35.5. The fraction of sp³-hybridized carbons (Fsp3) is 0.357. The van der Waals surface area contributed by atoms with Gasteiger partial charge in [-0.15, -0.1) is 0 Å². The molecule has 0 unspecified atom stereocenters. The molecule has 0 saturated heterocycles. The van der Waals surface area contributed by atoms with Crippen LogP contribution in [-0.4, -0.2) is 0 Å². The Morgan fingerprint density at radius 1 is 0.645 bits per heavy atom. The van der Waals surface area contributed by atoms with E-state index in [9.17, 15) is 0 Å². The molecule has 3 rings (SSSR count). The number of hydrogen-bond donors (Lipinski definition) is 0. The molecule has 0 heterocycles. The lowest BCUT2D eigenvalue weighted by Crippen LogP contribution is -2.17. The minimum Gasteiger partial charge on any atom is -0.309 e. The molecule has 3 aromatic rings. The zero-order valence-electron chi connectivity index (χ0n) is 19.5. The first-order valence-electron chi connectivity index (χ1n) is 11.1. The highest BCUT2D eigenvalue weighted by Crippen LogP contribution is 2.42. The van der Waals surface area contributed by atoms with E-state index < -0.39 is 0 Å². The second kappa shape index (κ2) is 9.27. The zero-order chi connectivity index (χ0) is 22.8. The summed E-state index contributed by atoms with van der Waals surface area (Å²) in [6, 6.07) is 23.4. The fourth-order valence-electron chi connectivity index (χ4n) is 3.62. The summed E-state index contributed by atoms with van der Waals surface area (Å²) in [5, 5.41) is 1.11. The highest BCUT2D eigenvalue weighted by Gasteiger charge is 2.22. The lowest BCUT2D eigenvalue weighted by atomic mass is 9.82. The third kappa shape index (κ3) is 4.94. The third-order valence-electron chi connectivity index (χ3n) is 6.75. The van der Waals surface area contributed by atoms with E-state index in [2.05, 4.69) is 95.0 Å². The Labute approximate surface area is 198 Å². The van der Waals surface area contributed by atoms with Gasteiger partial charge >= 0.3 is 0 Å². The Hall–Kier alpha value is -1.96. The Bertz CT molecular complexity index is 958. The summed E-state index contributed by atoms with van der Waals surface area (Å²) in [7, 11) is 0. The van der Waals surface area contributed by atoms with Crippen LogP contribution in [0, 0.1) is 0 Å². The molecule has 31 heavy (non-hydrogen) atoms. The maximum absolute atomic E-state index is 6.67. The van der Waals surface area contributed by atoms with E-state index in [1.807, 2.05) is 18.2 Å². The van der Waals surface area contributed by atoms with E-state index in [0.29, 0.717) is 10.0 Å². The molecule has 0 spiro atoms. The molecule has 1 nitrogen and oxygen atoms in total. The number of rotatable bonds is 7. The second-order valence-corrected chi connectivity index (χ2v) is 10.3. The average molecular weight is 454 g/mol. The van der Waals surface area contributed by atoms with Crippen molar-refractivity contribution < 1.29 is 0 Å². The van der Waals surface area contributed by atoms with Gasteiger partial charge in [-0.05, 0) is 71.2 Å². The van der Waals surface area contributed by atoms with Crippen LogP contribution in [0.1, 0.15) is 65.5 Å². The Morgan fingerprint density at radius 2 is 1.06 bits per heavy atom. The molecule has 0 aliphatic heterocycles. The van der Waals surface area contributed by atoms with Crippen molar-refractivity contribution in [3.63, 3.8) is 0 Å². The summed E-state index contributed by atoms with van der Waals surface area (Å²) in [5.74, 6) is 0. The summed E-state index contributed by atoms with van der Waals surface area (Å²) < 4.78 is 0. The van der Waals surface area contributed by atoms with Crippen LogP contribution in [0.4, 0.5) is 17.1 Å². The molecule has 0 atom stereocenters. The average Bonchev–Trinajstić information content (AvgIpc) is 2.77. The van der Waals surface area contributed by atoms with E-state index >= 15 is 0 Å². The molecule has 3 heteroatoms.